The summed E-state index contributed by atoms with van der Waals surface area (Å²) < 4.78 is 5.40. The van der Waals surface area contributed by atoms with Gasteiger partial charge in [0.2, 0.25) is 23.6 Å². The second-order valence-corrected chi connectivity index (χ2v) is 5.72. The van der Waals surface area contributed by atoms with E-state index < -0.39 is 6.04 Å². The summed E-state index contributed by atoms with van der Waals surface area (Å²) >= 11 is 0. The van der Waals surface area contributed by atoms with Gasteiger partial charge in [-0.15, -0.1) is 6.58 Å². The molecule has 1 atom stereocenters. The molecule has 0 aromatic carbocycles. The summed E-state index contributed by atoms with van der Waals surface area (Å²) in [4.78, 5) is 36.3. The summed E-state index contributed by atoms with van der Waals surface area (Å²) in [5, 5.41) is 2.69. The molecule has 1 saturated heterocycles. The van der Waals surface area contributed by atoms with Gasteiger partial charge in [0.05, 0.1) is 6.61 Å². The fourth-order valence-corrected chi connectivity index (χ4v) is 2.69. The summed E-state index contributed by atoms with van der Waals surface area (Å²) in [5.41, 5.74) is 0. The highest BCUT2D eigenvalue weighted by molar-refractivity contribution is 5.87. The highest BCUT2D eigenvalue weighted by Crippen LogP contribution is 2.15. The van der Waals surface area contributed by atoms with E-state index >= 15 is 0 Å². The quantitative estimate of drug-likeness (QED) is 0.727. The second kappa shape index (κ2) is 9.00. The average Bonchev–Trinajstić information content (AvgIpc) is 2.61. The molecular formula is C17H25N5O3. The largest absolute Gasteiger partial charge is 0.478 e. The fourth-order valence-electron chi connectivity index (χ4n) is 2.69. The van der Waals surface area contributed by atoms with Crippen molar-refractivity contribution in [1.29, 1.82) is 0 Å². The number of hydrogen-bond acceptors (Lipinski definition) is 6. The Morgan fingerprint density at radius 3 is 2.72 bits per heavy atom. The van der Waals surface area contributed by atoms with Gasteiger partial charge in [0.25, 0.3) is 0 Å². The van der Waals surface area contributed by atoms with Crippen LogP contribution in [0.5, 0.6) is 5.88 Å². The van der Waals surface area contributed by atoms with E-state index in [0.717, 1.165) is 0 Å². The van der Waals surface area contributed by atoms with Crippen molar-refractivity contribution in [2.24, 2.45) is 0 Å². The molecule has 0 bridgehead atoms. The van der Waals surface area contributed by atoms with Crippen molar-refractivity contribution in [3.8, 4) is 5.88 Å². The van der Waals surface area contributed by atoms with Gasteiger partial charge in [-0.05, 0) is 13.3 Å². The van der Waals surface area contributed by atoms with Gasteiger partial charge in [0.1, 0.15) is 6.04 Å². The predicted octanol–water partition coefficient (Wildman–Crippen LogP) is 0.605. The molecule has 0 spiro atoms. The number of ether oxygens (including phenoxy) is 1. The van der Waals surface area contributed by atoms with Gasteiger partial charge in [-0.1, -0.05) is 6.08 Å². The molecule has 8 heteroatoms. The molecule has 2 heterocycles. The van der Waals surface area contributed by atoms with E-state index in [0.29, 0.717) is 51.0 Å². The minimum atomic E-state index is -0.556. The number of anilines is 1. The summed E-state index contributed by atoms with van der Waals surface area (Å²) in [7, 11) is 0. The zero-order valence-corrected chi connectivity index (χ0v) is 14.8. The van der Waals surface area contributed by atoms with E-state index in [9.17, 15) is 9.59 Å². The van der Waals surface area contributed by atoms with Crippen molar-refractivity contribution in [2.75, 3.05) is 37.7 Å². The normalized spacial score (nSPS) is 15.4. The lowest BCUT2D eigenvalue weighted by Crippen LogP contribution is -2.55. The van der Waals surface area contributed by atoms with Crippen molar-refractivity contribution < 1.29 is 14.3 Å². The predicted molar refractivity (Wildman–Crippen MR) is 94.4 cm³/mol. The lowest BCUT2D eigenvalue weighted by Gasteiger charge is -2.36. The average molecular weight is 347 g/mol. The molecule has 0 saturated carbocycles. The molecule has 1 aromatic rings. The third-order valence-corrected chi connectivity index (χ3v) is 3.86. The highest BCUT2D eigenvalue weighted by atomic mass is 16.5. The first-order valence-electron chi connectivity index (χ1n) is 8.42. The van der Waals surface area contributed by atoms with Crippen molar-refractivity contribution in [1.82, 2.24) is 20.2 Å². The van der Waals surface area contributed by atoms with Crippen LogP contribution in [-0.2, 0) is 9.59 Å². The topological polar surface area (TPSA) is 87.7 Å². The first-order valence-corrected chi connectivity index (χ1v) is 8.42. The van der Waals surface area contributed by atoms with Crippen LogP contribution in [0.2, 0.25) is 0 Å². The molecular weight excluding hydrogens is 322 g/mol. The first-order chi connectivity index (χ1) is 12.0. The van der Waals surface area contributed by atoms with Gasteiger partial charge < -0.3 is 19.9 Å². The Hall–Kier alpha value is -2.64. The number of carbonyl (C=O) groups excluding carboxylic acids is 2. The minimum Gasteiger partial charge on any atom is -0.478 e. The summed E-state index contributed by atoms with van der Waals surface area (Å²) in [6.07, 6.45) is 3.72. The molecule has 2 rings (SSSR count). The first kappa shape index (κ1) is 18.7. The SMILES string of the molecule is C=CCC(NC(C)=O)C(=O)N1CCN(c2nccc(OCC)n2)CC1. The molecule has 1 aromatic heterocycles. The number of amides is 2. The smallest absolute Gasteiger partial charge is 0.245 e. The van der Waals surface area contributed by atoms with Gasteiger partial charge >= 0.3 is 0 Å². The van der Waals surface area contributed by atoms with Crippen LogP contribution in [-0.4, -0.2) is 65.5 Å². The van der Waals surface area contributed by atoms with Crippen LogP contribution < -0.4 is 15.0 Å². The zero-order chi connectivity index (χ0) is 18.2. The van der Waals surface area contributed by atoms with Gasteiger partial charge in [0.15, 0.2) is 0 Å². The molecule has 1 N–H and O–H groups in total. The Labute approximate surface area is 147 Å². The van der Waals surface area contributed by atoms with Crippen LogP contribution >= 0.6 is 0 Å². The van der Waals surface area contributed by atoms with Crippen molar-refractivity contribution in [3.63, 3.8) is 0 Å². The fraction of sp³-hybridized carbons (Fsp3) is 0.529. The molecule has 0 aliphatic carbocycles. The molecule has 1 aliphatic heterocycles. The van der Waals surface area contributed by atoms with Crippen LogP contribution in [0, 0.1) is 0 Å². The Morgan fingerprint density at radius 2 is 2.12 bits per heavy atom. The van der Waals surface area contributed by atoms with Crippen molar-refractivity contribution in [3.05, 3.63) is 24.9 Å². The van der Waals surface area contributed by atoms with E-state index in [2.05, 4.69) is 21.9 Å². The van der Waals surface area contributed by atoms with Crippen LogP contribution in [0.25, 0.3) is 0 Å². The standard InChI is InChI=1S/C17H25N5O3/c1-4-6-14(19-13(3)23)16(24)21-9-11-22(12-10-21)17-18-8-7-15(20-17)25-5-2/h4,7-8,14H,1,5-6,9-12H2,2-3H3,(H,19,23). The highest BCUT2D eigenvalue weighted by Gasteiger charge is 2.28. The number of carbonyl (C=O) groups is 2. The molecule has 1 aliphatic rings. The molecule has 136 valence electrons. The maximum atomic E-state index is 12.6. The molecule has 8 nitrogen and oxygen atoms in total. The number of hydrogen-bond donors (Lipinski definition) is 1. The monoisotopic (exact) mass is 347 g/mol. The molecule has 25 heavy (non-hydrogen) atoms. The lowest BCUT2D eigenvalue weighted by atomic mass is 10.1. The molecule has 1 fully saturated rings. The number of aromatic nitrogens is 2. The Bertz CT molecular complexity index is 614. The number of nitrogens with one attached hydrogen (secondary N) is 1. The Balaban J connectivity index is 1.96. The molecule has 1 unspecified atom stereocenters. The van der Waals surface area contributed by atoms with E-state index in [-0.39, 0.29) is 11.8 Å². The Kier molecular flexibility index (Phi) is 6.73. The third-order valence-electron chi connectivity index (χ3n) is 3.86. The van der Waals surface area contributed by atoms with Gasteiger partial charge in [-0.2, -0.15) is 4.98 Å². The summed E-state index contributed by atoms with van der Waals surface area (Å²) in [6, 6.07) is 1.17. The van der Waals surface area contributed by atoms with Crippen LogP contribution in [0.1, 0.15) is 20.3 Å². The summed E-state index contributed by atoms with van der Waals surface area (Å²) in [5.74, 6) is 0.837. The van der Waals surface area contributed by atoms with Crippen LogP contribution in [0.3, 0.4) is 0 Å². The number of rotatable bonds is 7. The van der Waals surface area contributed by atoms with Gasteiger partial charge in [0, 0.05) is 45.4 Å². The van der Waals surface area contributed by atoms with Crippen LogP contribution in [0.4, 0.5) is 5.95 Å². The molecule has 0 radical (unpaired) electrons. The van der Waals surface area contributed by atoms with Crippen molar-refractivity contribution >= 4 is 17.8 Å². The van der Waals surface area contributed by atoms with E-state index in [1.807, 2.05) is 11.8 Å². The summed E-state index contributed by atoms with van der Waals surface area (Å²) in [6.45, 7) is 9.86. The zero-order valence-electron chi connectivity index (χ0n) is 14.8. The van der Waals surface area contributed by atoms with E-state index in [1.165, 1.54) is 6.92 Å². The van der Waals surface area contributed by atoms with Crippen LogP contribution in [0.15, 0.2) is 24.9 Å². The maximum Gasteiger partial charge on any atom is 0.245 e. The van der Waals surface area contributed by atoms with Crippen molar-refractivity contribution in [2.45, 2.75) is 26.3 Å². The second-order valence-electron chi connectivity index (χ2n) is 5.72. The van der Waals surface area contributed by atoms with Gasteiger partial charge in [-0.3, -0.25) is 9.59 Å². The Morgan fingerprint density at radius 1 is 1.40 bits per heavy atom. The van der Waals surface area contributed by atoms with E-state index in [4.69, 9.17) is 4.74 Å². The van der Waals surface area contributed by atoms with Gasteiger partial charge in [-0.25, -0.2) is 4.98 Å². The number of nitrogens with zero attached hydrogens (tertiary/aromatic N) is 4. The molecule has 2 amide bonds. The van der Waals surface area contributed by atoms with E-state index in [1.54, 1.807) is 23.2 Å². The lowest BCUT2D eigenvalue weighted by molar-refractivity contribution is -0.136. The minimum absolute atomic E-state index is 0.0845. The number of piperazine rings is 1. The maximum absolute atomic E-state index is 12.6. The third kappa shape index (κ3) is 5.17.